The van der Waals surface area contributed by atoms with E-state index in [0.717, 1.165) is 17.0 Å². The Labute approximate surface area is 177 Å². The normalized spacial score (nSPS) is 11.2. The SMILES string of the molecule is N#CNC(=NCC=Cc1ccc(Cl)cc1)NCCSCc1coc(N=C(N)N)n1. The van der Waals surface area contributed by atoms with Crippen molar-refractivity contribution < 1.29 is 4.42 Å². The third-order valence-electron chi connectivity index (χ3n) is 3.26. The highest BCUT2D eigenvalue weighted by atomic mass is 35.5. The third-order valence-corrected chi connectivity index (χ3v) is 4.51. The summed E-state index contributed by atoms with van der Waals surface area (Å²) in [7, 11) is 0. The summed E-state index contributed by atoms with van der Waals surface area (Å²) in [6.45, 7) is 1.05. The molecule has 1 aromatic heterocycles. The van der Waals surface area contributed by atoms with E-state index in [-0.39, 0.29) is 12.0 Å². The Morgan fingerprint density at radius 2 is 2.14 bits per heavy atom. The van der Waals surface area contributed by atoms with Gasteiger partial charge < -0.3 is 21.2 Å². The first kappa shape index (κ1) is 22.1. The van der Waals surface area contributed by atoms with Crippen LogP contribution in [0.5, 0.6) is 0 Å². The number of guanidine groups is 2. The van der Waals surface area contributed by atoms with Gasteiger partial charge in [-0.05, 0) is 17.7 Å². The van der Waals surface area contributed by atoms with Crippen molar-refractivity contribution in [2.24, 2.45) is 21.5 Å². The van der Waals surface area contributed by atoms with Crippen LogP contribution in [-0.4, -0.2) is 35.7 Å². The van der Waals surface area contributed by atoms with Gasteiger partial charge in [0.1, 0.15) is 6.26 Å². The van der Waals surface area contributed by atoms with E-state index >= 15 is 0 Å². The number of benzene rings is 1. The van der Waals surface area contributed by atoms with E-state index in [0.29, 0.717) is 29.8 Å². The van der Waals surface area contributed by atoms with Gasteiger partial charge in [0.05, 0.1) is 12.2 Å². The average Bonchev–Trinajstić information content (AvgIpc) is 3.12. The second-order valence-electron chi connectivity index (χ2n) is 5.52. The standard InChI is InChI=1S/C18H21ClN8OS/c19-14-5-3-13(4-6-14)2-1-7-23-17(25-12-20)24-8-9-29-11-15-10-28-18(26-15)27-16(21)22/h1-6,10H,7-9,11H2,(H2,23,24,25)(H4,21,22,26,27). The summed E-state index contributed by atoms with van der Waals surface area (Å²) in [5, 5.41) is 15.2. The Bertz CT molecular complexity index is 897. The molecule has 29 heavy (non-hydrogen) atoms. The topological polar surface area (TPSA) is 151 Å². The van der Waals surface area contributed by atoms with E-state index in [9.17, 15) is 0 Å². The monoisotopic (exact) mass is 432 g/mol. The van der Waals surface area contributed by atoms with Crippen LogP contribution in [0.4, 0.5) is 6.01 Å². The van der Waals surface area contributed by atoms with Crippen molar-refractivity contribution in [3.8, 4) is 6.19 Å². The third kappa shape index (κ3) is 9.05. The largest absolute Gasteiger partial charge is 0.430 e. The van der Waals surface area contributed by atoms with Crippen molar-refractivity contribution in [1.82, 2.24) is 15.6 Å². The lowest BCUT2D eigenvalue weighted by Gasteiger charge is -2.06. The van der Waals surface area contributed by atoms with Gasteiger partial charge in [-0.2, -0.15) is 27.0 Å². The predicted molar refractivity (Wildman–Crippen MR) is 118 cm³/mol. The van der Waals surface area contributed by atoms with Crippen molar-refractivity contribution in [3.63, 3.8) is 0 Å². The summed E-state index contributed by atoms with van der Waals surface area (Å²) in [5.74, 6) is 1.74. The molecule has 11 heteroatoms. The van der Waals surface area contributed by atoms with E-state index in [1.54, 1.807) is 11.8 Å². The number of hydrogen-bond donors (Lipinski definition) is 4. The number of thioether (sulfide) groups is 1. The van der Waals surface area contributed by atoms with Crippen LogP contribution in [-0.2, 0) is 5.75 Å². The van der Waals surface area contributed by atoms with Crippen molar-refractivity contribution in [1.29, 1.82) is 5.26 Å². The molecular weight excluding hydrogens is 412 g/mol. The van der Waals surface area contributed by atoms with Crippen molar-refractivity contribution in [3.05, 3.63) is 52.9 Å². The molecule has 2 rings (SSSR count). The molecule has 0 radical (unpaired) electrons. The van der Waals surface area contributed by atoms with Gasteiger partial charge >= 0.3 is 6.01 Å². The molecule has 9 nitrogen and oxygen atoms in total. The Morgan fingerprint density at radius 1 is 1.34 bits per heavy atom. The van der Waals surface area contributed by atoms with Crippen LogP contribution < -0.4 is 22.1 Å². The van der Waals surface area contributed by atoms with Crippen LogP contribution in [0.2, 0.25) is 5.02 Å². The summed E-state index contributed by atoms with van der Waals surface area (Å²) < 4.78 is 5.13. The number of nitriles is 1. The maximum absolute atomic E-state index is 8.85. The minimum absolute atomic E-state index is 0.102. The van der Waals surface area contributed by atoms with Gasteiger partial charge in [0, 0.05) is 23.1 Å². The molecule has 0 aliphatic heterocycles. The summed E-state index contributed by atoms with van der Waals surface area (Å²) >= 11 is 7.50. The van der Waals surface area contributed by atoms with Gasteiger partial charge in [0.15, 0.2) is 12.2 Å². The lowest BCUT2D eigenvalue weighted by Crippen LogP contribution is -2.36. The van der Waals surface area contributed by atoms with Gasteiger partial charge in [0.2, 0.25) is 5.96 Å². The molecule has 0 aliphatic rings. The maximum atomic E-state index is 8.85. The molecule has 0 bridgehead atoms. The summed E-state index contributed by atoms with van der Waals surface area (Å²) in [6, 6.07) is 7.63. The second-order valence-corrected chi connectivity index (χ2v) is 7.06. The quantitative estimate of drug-likeness (QED) is 0.155. The van der Waals surface area contributed by atoms with Gasteiger partial charge in [-0.3, -0.25) is 5.32 Å². The molecule has 0 saturated carbocycles. The smallest absolute Gasteiger partial charge is 0.325 e. The zero-order valence-electron chi connectivity index (χ0n) is 15.5. The van der Waals surface area contributed by atoms with Gasteiger partial charge in [0.25, 0.3) is 0 Å². The predicted octanol–water partition coefficient (Wildman–Crippen LogP) is 2.20. The second kappa shape index (κ2) is 12.3. The lowest BCUT2D eigenvalue weighted by atomic mass is 10.2. The Kier molecular flexibility index (Phi) is 9.41. The molecule has 0 saturated heterocycles. The first-order valence-corrected chi connectivity index (χ1v) is 10.1. The fourth-order valence-electron chi connectivity index (χ4n) is 2.04. The number of nitrogens with one attached hydrogen (secondary N) is 2. The number of aliphatic imine (C=N–C) groups is 2. The van der Waals surface area contributed by atoms with Gasteiger partial charge in [-0.25, -0.2) is 4.99 Å². The van der Waals surface area contributed by atoms with Gasteiger partial charge in [-0.1, -0.05) is 35.9 Å². The highest BCUT2D eigenvalue weighted by Gasteiger charge is 2.03. The number of halogens is 1. The van der Waals surface area contributed by atoms with E-state index in [1.807, 2.05) is 42.6 Å². The maximum Gasteiger partial charge on any atom is 0.325 e. The number of hydrogen-bond acceptors (Lipinski definition) is 6. The molecule has 0 fully saturated rings. The summed E-state index contributed by atoms with van der Waals surface area (Å²) in [4.78, 5) is 12.2. The number of rotatable bonds is 9. The van der Waals surface area contributed by atoms with Gasteiger partial charge in [-0.15, -0.1) is 0 Å². The van der Waals surface area contributed by atoms with Crippen molar-refractivity contribution >= 4 is 47.4 Å². The first-order chi connectivity index (χ1) is 14.1. The average molecular weight is 433 g/mol. The van der Waals surface area contributed by atoms with Crippen molar-refractivity contribution in [2.75, 3.05) is 18.8 Å². The fraction of sp³-hybridized carbons (Fsp3) is 0.222. The number of nitrogens with zero attached hydrogens (tertiary/aromatic N) is 4. The van der Waals surface area contributed by atoms with Crippen LogP contribution >= 0.6 is 23.4 Å². The summed E-state index contributed by atoms with van der Waals surface area (Å²) in [5.41, 5.74) is 12.3. The molecule has 2 aromatic rings. The fourth-order valence-corrected chi connectivity index (χ4v) is 2.90. The van der Waals surface area contributed by atoms with Crippen LogP contribution in [0.15, 0.2) is 51.0 Å². The summed E-state index contributed by atoms with van der Waals surface area (Å²) in [6.07, 6.45) is 7.23. The number of oxazole rings is 1. The van der Waals surface area contributed by atoms with Crippen LogP contribution in [0.3, 0.4) is 0 Å². The van der Waals surface area contributed by atoms with E-state index in [4.69, 9.17) is 32.7 Å². The molecule has 0 atom stereocenters. The Balaban J connectivity index is 1.70. The lowest BCUT2D eigenvalue weighted by molar-refractivity contribution is 0.568. The molecule has 0 spiro atoms. The minimum atomic E-state index is -0.102. The molecule has 152 valence electrons. The molecule has 6 N–H and O–H groups in total. The van der Waals surface area contributed by atoms with Crippen LogP contribution in [0, 0.1) is 11.5 Å². The molecule has 0 aliphatic carbocycles. The number of nitrogens with two attached hydrogens (primary N) is 2. The molecule has 0 unspecified atom stereocenters. The molecule has 0 amide bonds. The molecule has 1 heterocycles. The van der Waals surface area contributed by atoms with E-state index < -0.39 is 0 Å². The first-order valence-electron chi connectivity index (χ1n) is 8.54. The van der Waals surface area contributed by atoms with Crippen molar-refractivity contribution in [2.45, 2.75) is 5.75 Å². The van der Waals surface area contributed by atoms with E-state index in [2.05, 4.69) is 25.6 Å². The number of aromatic nitrogens is 1. The molecule has 1 aromatic carbocycles. The Morgan fingerprint density at radius 3 is 2.86 bits per heavy atom. The zero-order chi connectivity index (χ0) is 20.9. The Hall–Kier alpha value is -3.16. The minimum Gasteiger partial charge on any atom is -0.430 e. The zero-order valence-corrected chi connectivity index (χ0v) is 17.1. The van der Waals surface area contributed by atoms with E-state index in [1.165, 1.54) is 6.26 Å². The highest BCUT2D eigenvalue weighted by molar-refractivity contribution is 7.98. The highest BCUT2D eigenvalue weighted by Crippen LogP contribution is 2.15. The van der Waals surface area contributed by atoms with Crippen LogP contribution in [0.1, 0.15) is 11.3 Å². The molecular formula is C18H21ClN8OS. The van der Waals surface area contributed by atoms with Crippen LogP contribution in [0.25, 0.3) is 6.08 Å².